The van der Waals surface area contributed by atoms with E-state index < -0.39 is 0 Å². The van der Waals surface area contributed by atoms with Crippen LogP contribution in [0, 0.1) is 0 Å². The van der Waals surface area contributed by atoms with Gasteiger partial charge in [-0.05, 0) is 86.6 Å². The van der Waals surface area contributed by atoms with Gasteiger partial charge < -0.3 is 9.32 Å². The summed E-state index contributed by atoms with van der Waals surface area (Å²) in [6.07, 6.45) is 0. The van der Waals surface area contributed by atoms with Crippen LogP contribution in [0.4, 0.5) is 17.1 Å². The van der Waals surface area contributed by atoms with Gasteiger partial charge in [0.2, 0.25) is 0 Å². The molecule has 1 heterocycles. The van der Waals surface area contributed by atoms with E-state index in [1.165, 1.54) is 44.2 Å². The fourth-order valence-corrected chi connectivity index (χ4v) is 6.95. The van der Waals surface area contributed by atoms with Crippen LogP contribution >= 0.6 is 0 Å². The third-order valence-corrected chi connectivity index (χ3v) is 9.28. The van der Waals surface area contributed by atoms with Crippen molar-refractivity contribution in [3.8, 4) is 33.4 Å². The van der Waals surface area contributed by atoms with Crippen LogP contribution in [0.2, 0.25) is 0 Å². The predicted molar refractivity (Wildman–Crippen MR) is 202 cm³/mol. The molecule has 0 radical (unpaired) electrons. The lowest BCUT2D eigenvalue weighted by atomic mass is 9.90. The van der Waals surface area contributed by atoms with E-state index in [9.17, 15) is 0 Å². The van der Waals surface area contributed by atoms with Crippen molar-refractivity contribution in [1.82, 2.24) is 0 Å². The molecule has 9 aromatic rings. The molecule has 0 amide bonds. The van der Waals surface area contributed by atoms with Gasteiger partial charge in [-0.15, -0.1) is 0 Å². The van der Waals surface area contributed by atoms with E-state index >= 15 is 0 Å². The smallest absolute Gasteiger partial charge is 0.137 e. The predicted octanol–water partition coefficient (Wildman–Crippen LogP) is 13.2. The number of rotatable bonds is 6. The Balaban J connectivity index is 1.17. The lowest BCUT2D eigenvalue weighted by Crippen LogP contribution is -2.09. The van der Waals surface area contributed by atoms with Crippen molar-refractivity contribution in [2.45, 2.75) is 0 Å². The lowest BCUT2D eigenvalue weighted by Gasteiger charge is -2.26. The molecule has 0 bridgehead atoms. The second-order valence-electron chi connectivity index (χ2n) is 12.1. The topological polar surface area (TPSA) is 16.4 Å². The number of fused-ring (bicyclic) bond motifs is 4. The van der Waals surface area contributed by atoms with Crippen LogP contribution in [0.3, 0.4) is 0 Å². The Labute approximate surface area is 279 Å². The highest BCUT2D eigenvalue weighted by Gasteiger charge is 2.17. The molecule has 0 fully saturated rings. The highest BCUT2D eigenvalue weighted by Crippen LogP contribution is 2.42. The molecule has 226 valence electrons. The summed E-state index contributed by atoms with van der Waals surface area (Å²) in [5.74, 6) is 0. The summed E-state index contributed by atoms with van der Waals surface area (Å²) in [4.78, 5) is 2.31. The van der Waals surface area contributed by atoms with Crippen molar-refractivity contribution in [3.05, 3.63) is 188 Å². The molecule has 0 saturated heterocycles. The number of para-hydroxylation sites is 1. The van der Waals surface area contributed by atoms with E-state index in [1.807, 2.05) is 12.1 Å². The summed E-state index contributed by atoms with van der Waals surface area (Å²) >= 11 is 0. The fourth-order valence-electron chi connectivity index (χ4n) is 6.95. The van der Waals surface area contributed by atoms with Crippen molar-refractivity contribution >= 4 is 49.8 Å². The minimum Gasteiger partial charge on any atom is -0.456 e. The number of nitrogens with zero attached hydrogens (tertiary/aromatic N) is 1. The van der Waals surface area contributed by atoms with Gasteiger partial charge in [0.1, 0.15) is 11.2 Å². The molecule has 48 heavy (non-hydrogen) atoms. The summed E-state index contributed by atoms with van der Waals surface area (Å²) in [6.45, 7) is 0. The Hall–Kier alpha value is -6.38. The zero-order valence-electron chi connectivity index (χ0n) is 26.3. The average Bonchev–Trinajstić information content (AvgIpc) is 3.54. The van der Waals surface area contributed by atoms with E-state index in [4.69, 9.17) is 4.42 Å². The van der Waals surface area contributed by atoms with Crippen molar-refractivity contribution < 1.29 is 4.42 Å². The third-order valence-electron chi connectivity index (χ3n) is 9.28. The third kappa shape index (κ3) is 4.92. The largest absolute Gasteiger partial charge is 0.456 e. The van der Waals surface area contributed by atoms with Crippen molar-refractivity contribution in [1.29, 1.82) is 0 Å². The maximum Gasteiger partial charge on any atom is 0.137 e. The summed E-state index contributed by atoms with van der Waals surface area (Å²) in [7, 11) is 0. The molecular weight excluding hydrogens is 583 g/mol. The van der Waals surface area contributed by atoms with Crippen LogP contribution in [-0.2, 0) is 0 Å². The Morgan fingerprint density at radius 3 is 1.60 bits per heavy atom. The minimum atomic E-state index is 0.875. The molecule has 0 unspecified atom stereocenters. The van der Waals surface area contributed by atoms with Gasteiger partial charge in [-0.25, -0.2) is 0 Å². The molecule has 9 rings (SSSR count). The van der Waals surface area contributed by atoms with E-state index in [1.54, 1.807) is 0 Å². The van der Waals surface area contributed by atoms with Crippen molar-refractivity contribution in [3.63, 3.8) is 0 Å². The van der Waals surface area contributed by atoms with Crippen LogP contribution in [0.15, 0.2) is 192 Å². The first kappa shape index (κ1) is 27.9. The van der Waals surface area contributed by atoms with Gasteiger partial charge in [0.05, 0.1) is 0 Å². The number of furan rings is 1. The van der Waals surface area contributed by atoms with Gasteiger partial charge in [-0.2, -0.15) is 0 Å². The summed E-state index contributed by atoms with van der Waals surface area (Å²) in [5.41, 5.74) is 12.2. The molecule has 0 aliphatic carbocycles. The SMILES string of the molecule is c1ccc(-c2ccc(N(c3ccc(-c4ccc5ccccc5c4-c4ccccc4)cc3)c3ccc4c(c3)oc3ccccc34)cc2)cc1. The first-order valence-electron chi connectivity index (χ1n) is 16.3. The Kier molecular flexibility index (Phi) is 6.84. The van der Waals surface area contributed by atoms with Crippen LogP contribution in [-0.4, -0.2) is 0 Å². The quantitative estimate of drug-likeness (QED) is 0.185. The second-order valence-corrected chi connectivity index (χ2v) is 12.1. The number of benzene rings is 8. The van der Waals surface area contributed by atoms with Crippen molar-refractivity contribution in [2.75, 3.05) is 4.90 Å². The van der Waals surface area contributed by atoms with Gasteiger partial charge >= 0.3 is 0 Å². The molecule has 8 aromatic carbocycles. The molecule has 0 saturated carbocycles. The van der Waals surface area contributed by atoms with Crippen LogP contribution in [0.1, 0.15) is 0 Å². The van der Waals surface area contributed by atoms with Crippen LogP contribution < -0.4 is 4.90 Å². The summed E-state index contributed by atoms with van der Waals surface area (Å²) in [5, 5.41) is 4.74. The maximum absolute atomic E-state index is 6.33. The van der Waals surface area contributed by atoms with E-state index in [-0.39, 0.29) is 0 Å². The van der Waals surface area contributed by atoms with Gasteiger partial charge in [0.25, 0.3) is 0 Å². The fraction of sp³-hybridized carbons (Fsp3) is 0. The monoisotopic (exact) mass is 613 g/mol. The Morgan fingerprint density at radius 1 is 0.333 bits per heavy atom. The average molecular weight is 614 g/mol. The van der Waals surface area contributed by atoms with Gasteiger partial charge in [0, 0.05) is 33.9 Å². The maximum atomic E-state index is 6.33. The van der Waals surface area contributed by atoms with Gasteiger partial charge in [-0.1, -0.05) is 140 Å². The second kappa shape index (κ2) is 11.8. The number of anilines is 3. The molecule has 0 aliphatic heterocycles. The molecule has 0 spiro atoms. The highest BCUT2D eigenvalue weighted by atomic mass is 16.3. The van der Waals surface area contributed by atoms with Gasteiger partial charge in [-0.3, -0.25) is 0 Å². The molecule has 1 aromatic heterocycles. The molecule has 0 aliphatic rings. The molecular formula is C46H31NO. The zero-order chi connectivity index (χ0) is 31.9. The van der Waals surface area contributed by atoms with Crippen LogP contribution in [0.25, 0.3) is 66.1 Å². The van der Waals surface area contributed by atoms with E-state index in [2.05, 4.69) is 181 Å². The van der Waals surface area contributed by atoms with Crippen molar-refractivity contribution in [2.24, 2.45) is 0 Å². The number of hydrogen-bond acceptors (Lipinski definition) is 2. The number of hydrogen-bond donors (Lipinski definition) is 0. The Bertz CT molecular complexity index is 2530. The van der Waals surface area contributed by atoms with Crippen LogP contribution in [0.5, 0.6) is 0 Å². The normalized spacial score (nSPS) is 11.3. The highest BCUT2D eigenvalue weighted by molar-refractivity contribution is 6.06. The minimum absolute atomic E-state index is 0.875. The molecule has 2 nitrogen and oxygen atoms in total. The molecule has 2 heteroatoms. The Morgan fingerprint density at radius 2 is 0.875 bits per heavy atom. The van der Waals surface area contributed by atoms with E-state index in [0.717, 1.165) is 39.0 Å². The first-order chi connectivity index (χ1) is 23.8. The molecule has 0 atom stereocenters. The zero-order valence-corrected chi connectivity index (χ0v) is 26.3. The summed E-state index contributed by atoms with van der Waals surface area (Å²) in [6, 6.07) is 66.9. The standard InChI is InChI=1S/C46H31NO/c1-3-11-32(12-4-1)33-19-24-37(25-20-33)47(39-28-30-43-42-17-9-10-18-44(42)48-45(43)31-39)38-26-21-35(22-27-38)41-29-23-34-13-7-8-16-40(34)46(41)36-14-5-2-6-15-36/h1-31H. The first-order valence-corrected chi connectivity index (χ1v) is 16.3. The van der Waals surface area contributed by atoms with E-state index in [0.29, 0.717) is 0 Å². The lowest BCUT2D eigenvalue weighted by molar-refractivity contribution is 0.669. The molecule has 0 N–H and O–H groups in total. The summed E-state index contributed by atoms with van der Waals surface area (Å²) < 4.78 is 6.33. The van der Waals surface area contributed by atoms with Gasteiger partial charge in [0.15, 0.2) is 0 Å².